The molecule has 96 valence electrons. The molecule has 1 aliphatic heterocycles. The van der Waals surface area contributed by atoms with Crippen LogP contribution in [-0.4, -0.2) is 24.9 Å². The molecule has 0 radical (unpaired) electrons. The van der Waals surface area contributed by atoms with Crippen LogP contribution in [0.5, 0.6) is 0 Å². The molecule has 0 fully saturated rings. The zero-order valence-electron chi connectivity index (χ0n) is 10.3. The standard InChI is InChI=1S/C13H14ClNO3/c1-3-17-12(16)13(8-18-15-9(13)2)10-4-6-11(14)7-5-10/h4-7H,3,8H2,1-2H3. The van der Waals surface area contributed by atoms with E-state index in [0.29, 0.717) is 17.3 Å². The van der Waals surface area contributed by atoms with Gasteiger partial charge in [0.05, 0.1) is 12.3 Å². The van der Waals surface area contributed by atoms with Gasteiger partial charge in [0.1, 0.15) is 6.61 Å². The lowest BCUT2D eigenvalue weighted by molar-refractivity contribution is -0.148. The fourth-order valence-corrected chi connectivity index (χ4v) is 2.14. The molecule has 0 saturated carbocycles. The van der Waals surface area contributed by atoms with E-state index in [1.807, 2.05) is 0 Å². The molecule has 0 aromatic heterocycles. The minimum atomic E-state index is -0.944. The third kappa shape index (κ3) is 1.97. The van der Waals surface area contributed by atoms with Crippen LogP contribution in [0.25, 0.3) is 0 Å². The molecule has 0 N–H and O–H groups in total. The normalized spacial score (nSPS) is 22.3. The molecule has 1 atom stereocenters. The average Bonchev–Trinajstić information content (AvgIpc) is 2.73. The van der Waals surface area contributed by atoms with E-state index in [-0.39, 0.29) is 12.6 Å². The summed E-state index contributed by atoms with van der Waals surface area (Å²) >= 11 is 5.86. The minimum Gasteiger partial charge on any atom is -0.465 e. The molecule has 5 heteroatoms. The Bertz CT molecular complexity index is 484. The van der Waals surface area contributed by atoms with E-state index >= 15 is 0 Å². The van der Waals surface area contributed by atoms with Gasteiger partial charge >= 0.3 is 5.97 Å². The molecular formula is C13H14ClNO3. The number of nitrogens with zero attached hydrogens (tertiary/aromatic N) is 1. The van der Waals surface area contributed by atoms with Gasteiger partial charge in [0, 0.05) is 5.02 Å². The van der Waals surface area contributed by atoms with Crippen LogP contribution in [0.2, 0.25) is 5.02 Å². The van der Waals surface area contributed by atoms with Crippen LogP contribution in [0.3, 0.4) is 0 Å². The molecule has 0 amide bonds. The molecule has 1 aromatic carbocycles. The molecule has 1 aromatic rings. The molecule has 0 spiro atoms. The second-order valence-electron chi connectivity index (χ2n) is 4.08. The Kier molecular flexibility index (Phi) is 3.57. The number of carbonyl (C=O) groups is 1. The number of benzene rings is 1. The van der Waals surface area contributed by atoms with Crippen molar-refractivity contribution in [2.75, 3.05) is 13.2 Å². The molecule has 0 saturated heterocycles. The van der Waals surface area contributed by atoms with Crippen molar-refractivity contribution in [3.63, 3.8) is 0 Å². The van der Waals surface area contributed by atoms with Gasteiger partial charge in [-0.25, -0.2) is 0 Å². The maximum absolute atomic E-state index is 12.2. The summed E-state index contributed by atoms with van der Waals surface area (Å²) in [5.41, 5.74) is 0.438. The van der Waals surface area contributed by atoms with Gasteiger partial charge in [0.25, 0.3) is 0 Å². The molecule has 1 aliphatic rings. The summed E-state index contributed by atoms with van der Waals surface area (Å²) in [6.07, 6.45) is 0. The molecule has 18 heavy (non-hydrogen) atoms. The molecule has 4 nitrogen and oxygen atoms in total. The lowest BCUT2D eigenvalue weighted by Crippen LogP contribution is -2.44. The number of esters is 1. The smallest absolute Gasteiger partial charge is 0.326 e. The van der Waals surface area contributed by atoms with Crippen molar-refractivity contribution in [2.45, 2.75) is 19.3 Å². The second kappa shape index (κ2) is 4.98. The summed E-state index contributed by atoms with van der Waals surface area (Å²) in [6, 6.07) is 7.08. The molecule has 1 unspecified atom stereocenters. The monoisotopic (exact) mass is 267 g/mol. The van der Waals surface area contributed by atoms with E-state index in [2.05, 4.69) is 5.16 Å². The van der Waals surface area contributed by atoms with Gasteiger partial charge in [-0.1, -0.05) is 28.9 Å². The summed E-state index contributed by atoms with van der Waals surface area (Å²) in [5.74, 6) is -0.342. The highest BCUT2D eigenvalue weighted by atomic mass is 35.5. The number of carbonyl (C=O) groups excluding carboxylic acids is 1. The number of halogens is 1. The highest BCUT2D eigenvalue weighted by Gasteiger charge is 2.49. The first-order valence-corrected chi connectivity index (χ1v) is 6.09. The molecular weight excluding hydrogens is 254 g/mol. The summed E-state index contributed by atoms with van der Waals surface area (Å²) in [4.78, 5) is 17.3. The second-order valence-corrected chi connectivity index (χ2v) is 4.52. The van der Waals surface area contributed by atoms with Crippen LogP contribution in [0, 0.1) is 0 Å². The SMILES string of the molecule is CCOC(=O)C1(c2ccc(Cl)cc2)CON=C1C. The van der Waals surface area contributed by atoms with Crippen molar-refractivity contribution in [2.24, 2.45) is 5.16 Å². The van der Waals surface area contributed by atoms with Gasteiger partial charge in [-0.15, -0.1) is 0 Å². The van der Waals surface area contributed by atoms with Gasteiger partial charge in [-0.05, 0) is 31.5 Å². The summed E-state index contributed by atoms with van der Waals surface area (Å²) in [7, 11) is 0. The van der Waals surface area contributed by atoms with Gasteiger partial charge in [0.15, 0.2) is 5.41 Å². The number of hydrogen-bond donors (Lipinski definition) is 0. The van der Waals surface area contributed by atoms with Crippen molar-refractivity contribution >= 4 is 23.3 Å². The zero-order valence-corrected chi connectivity index (χ0v) is 11.0. The number of hydrogen-bond acceptors (Lipinski definition) is 4. The Labute approximate surface area is 111 Å². The lowest BCUT2D eigenvalue weighted by atomic mass is 9.78. The van der Waals surface area contributed by atoms with E-state index in [4.69, 9.17) is 21.2 Å². The van der Waals surface area contributed by atoms with Crippen LogP contribution in [0.4, 0.5) is 0 Å². The first-order chi connectivity index (χ1) is 8.61. The molecule has 2 rings (SSSR count). The Morgan fingerprint density at radius 1 is 1.50 bits per heavy atom. The van der Waals surface area contributed by atoms with Crippen LogP contribution in [-0.2, 0) is 19.8 Å². The number of ether oxygens (including phenoxy) is 1. The van der Waals surface area contributed by atoms with Crippen LogP contribution in [0.15, 0.2) is 29.4 Å². The quantitative estimate of drug-likeness (QED) is 0.791. The van der Waals surface area contributed by atoms with Crippen LogP contribution in [0.1, 0.15) is 19.4 Å². The predicted molar refractivity (Wildman–Crippen MR) is 68.8 cm³/mol. The Balaban J connectivity index is 2.46. The molecule has 1 heterocycles. The van der Waals surface area contributed by atoms with E-state index in [9.17, 15) is 4.79 Å². The Morgan fingerprint density at radius 2 is 2.17 bits per heavy atom. The topological polar surface area (TPSA) is 47.9 Å². The van der Waals surface area contributed by atoms with Crippen LogP contribution >= 0.6 is 11.6 Å². The summed E-state index contributed by atoms with van der Waals surface area (Å²) < 4.78 is 5.15. The Morgan fingerprint density at radius 3 is 2.67 bits per heavy atom. The third-order valence-corrected chi connectivity index (χ3v) is 3.31. The molecule has 0 aliphatic carbocycles. The maximum Gasteiger partial charge on any atom is 0.326 e. The fourth-order valence-electron chi connectivity index (χ4n) is 2.01. The van der Waals surface area contributed by atoms with Crippen molar-refractivity contribution in [3.05, 3.63) is 34.9 Å². The van der Waals surface area contributed by atoms with Crippen LogP contribution < -0.4 is 0 Å². The highest BCUT2D eigenvalue weighted by Crippen LogP contribution is 2.33. The fraction of sp³-hybridized carbons (Fsp3) is 0.385. The number of rotatable bonds is 3. The first-order valence-electron chi connectivity index (χ1n) is 5.71. The molecule has 0 bridgehead atoms. The lowest BCUT2D eigenvalue weighted by Gasteiger charge is -2.25. The zero-order chi connectivity index (χ0) is 13.2. The third-order valence-electron chi connectivity index (χ3n) is 3.06. The van der Waals surface area contributed by atoms with Crippen molar-refractivity contribution in [1.82, 2.24) is 0 Å². The van der Waals surface area contributed by atoms with Gasteiger partial charge in [-0.2, -0.15) is 0 Å². The largest absolute Gasteiger partial charge is 0.465 e. The average molecular weight is 268 g/mol. The van der Waals surface area contributed by atoms with Gasteiger partial charge in [-0.3, -0.25) is 4.79 Å². The van der Waals surface area contributed by atoms with Crippen molar-refractivity contribution < 1.29 is 14.4 Å². The summed E-state index contributed by atoms with van der Waals surface area (Å²) in [6.45, 7) is 4.02. The van der Waals surface area contributed by atoms with E-state index in [1.165, 1.54) is 0 Å². The van der Waals surface area contributed by atoms with E-state index < -0.39 is 5.41 Å². The Hall–Kier alpha value is -1.55. The first kappa shape index (κ1) is 12.9. The van der Waals surface area contributed by atoms with E-state index in [1.54, 1.807) is 38.1 Å². The summed E-state index contributed by atoms with van der Waals surface area (Å²) in [5, 5.41) is 4.49. The van der Waals surface area contributed by atoms with Gasteiger partial charge < -0.3 is 9.57 Å². The van der Waals surface area contributed by atoms with Crippen molar-refractivity contribution in [1.29, 1.82) is 0 Å². The van der Waals surface area contributed by atoms with E-state index in [0.717, 1.165) is 5.56 Å². The highest BCUT2D eigenvalue weighted by molar-refractivity contribution is 6.30. The minimum absolute atomic E-state index is 0.166. The number of oxime groups is 1. The maximum atomic E-state index is 12.2. The van der Waals surface area contributed by atoms with Gasteiger partial charge in [0.2, 0.25) is 0 Å². The van der Waals surface area contributed by atoms with Crippen molar-refractivity contribution in [3.8, 4) is 0 Å². The predicted octanol–water partition coefficient (Wildman–Crippen LogP) is 2.55.